The third-order valence-electron chi connectivity index (χ3n) is 4.08. The third-order valence-corrected chi connectivity index (χ3v) is 4.08. The molecular weight excluding hydrogens is 252 g/mol. The van der Waals surface area contributed by atoms with E-state index in [4.69, 9.17) is 9.47 Å². The zero-order chi connectivity index (χ0) is 14.5. The second kappa shape index (κ2) is 7.07. The van der Waals surface area contributed by atoms with E-state index in [1.807, 2.05) is 0 Å². The fourth-order valence-electron chi connectivity index (χ4n) is 2.74. The van der Waals surface area contributed by atoms with Gasteiger partial charge in [0.1, 0.15) is 12.2 Å². The van der Waals surface area contributed by atoms with Gasteiger partial charge in [0.05, 0.1) is 0 Å². The zero-order valence-electron chi connectivity index (χ0n) is 13.0. The average Bonchev–Trinajstić information content (AvgIpc) is 2.89. The summed E-state index contributed by atoms with van der Waals surface area (Å²) < 4.78 is 11.0. The monoisotopic (exact) mass is 278 g/mol. The number of nitrogens with zero attached hydrogens (tertiary/aromatic N) is 1. The summed E-state index contributed by atoms with van der Waals surface area (Å²) in [4.78, 5) is 2.34. The van der Waals surface area contributed by atoms with Crippen molar-refractivity contribution in [1.82, 2.24) is 5.32 Å². The van der Waals surface area contributed by atoms with Crippen molar-refractivity contribution in [2.45, 2.75) is 32.6 Å². The Labute approximate surface area is 122 Å². The predicted molar refractivity (Wildman–Crippen MR) is 82.4 cm³/mol. The summed E-state index contributed by atoms with van der Waals surface area (Å²) in [6.07, 6.45) is 0.309. The number of benzene rings is 1. The second-order valence-corrected chi connectivity index (χ2v) is 5.34. The molecule has 2 unspecified atom stereocenters. The Bertz CT molecular complexity index is 424. The van der Waals surface area contributed by atoms with Gasteiger partial charge in [-0.1, -0.05) is 13.0 Å². The molecule has 0 aliphatic carbocycles. The van der Waals surface area contributed by atoms with Crippen molar-refractivity contribution in [1.29, 1.82) is 0 Å². The lowest BCUT2D eigenvalue weighted by Gasteiger charge is -2.19. The van der Waals surface area contributed by atoms with E-state index in [1.54, 1.807) is 14.2 Å². The highest BCUT2D eigenvalue weighted by Crippen LogP contribution is 2.25. The Balaban J connectivity index is 2.08. The molecule has 0 saturated carbocycles. The van der Waals surface area contributed by atoms with E-state index in [9.17, 15) is 0 Å². The summed E-state index contributed by atoms with van der Waals surface area (Å²) in [5, 5.41) is 3.37. The number of aryl methyl sites for hydroxylation is 1. The Kier molecular flexibility index (Phi) is 5.40. The fraction of sp³-hybridized carbons (Fsp3) is 0.625. The lowest BCUT2D eigenvalue weighted by atomic mass is 10.1. The smallest absolute Gasteiger partial charge is 0.102 e. The molecule has 4 heteroatoms. The van der Waals surface area contributed by atoms with Crippen molar-refractivity contribution in [2.24, 2.45) is 0 Å². The number of methoxy groups -OCH3 is 2. The van der Waals surface area contributed by atoms with Crippen LogP contribution in [0.1, 0.15) is 18.1 Å². The summed E-state index contributed by atoms with van der Waals surface area (Å²) in [7, 11) is 3.51. The fourth-order valence-corrected chi connectivity index (χ4v) is 2.74. The molecule has 1 aromatic carbocycles. The van der Waals surface area contributed by atoms with Crippen molar-refractivity contribution in [3.05, 3.63) is 29.3 Å². The number of rotatable bonds is 6. The van der Waals surface area contributed by atoms with Crippen LogP contribution in [0.15, 0.2) is 18.2 Å². The molecule has 1 saturated heterocycles. The van der Waals surface area contributed by atoms with Gasteiger partial charge in [0.25, 0.3) is 0 Å². The van der Waals surface area contributed by atoms with Gasteiger partial charge in [0.15, 0.2) is 0 Å². The summed E-state index contributed by atoms with van der Waals surface area (Å²) in [5.41, 5.74) is 3.95. The minimum Gasteiger partial charge on any atom is -0.377 e. The minimum atomic E-state index is 0.154. The summed E-state index contributed by atoms with van der Waals surface area (Å²) in [6, 6.07) is 6.68. The van der Waals surface area contributed by atoms with Crippen molar-refractivity contribution < 1.29 is 9.47 Å². The summed E-state index contributed by atoms with van der Waals surface area (Å²) in [5.74, 6) is 0. The Morgan fingerprint density at radius 1 is 1.20 bits per heavy atom. The van der Waals surface area contributed by atoms with Crippen LogP contribution in [0.5, 0.6) is 0 Å². The van der Waals surface area contributed by atoms with Crippen molar-refractivity contribution >= 4 is 5.69 Å². The van der Waals surface area contributed by atoms with Crippen LogP contribution in [0.3, 0.4) is 0 Å². The number of hydrogen-bond donors (Lipinski definition) is 1. The molecule has 1 heterocycles. The molecular formula is C16H26N2O2. The largest absolute Gasteiger partial charge is 0.377 e. The highest BCUT2D eigenvalue weighted by Gasteiger charge is 2.33. The molecule has 4 nitrogen and oxygen atoms in total. The number of anilines is 1. The molecule has 1 aliphatic rings. The van der Waals surface area contributed by atoms with Crippen LogP contribution in [-0.4, -0.2) is 46.1 Å². The Morgan fingerprint density at radius 3 is 2.35 bits per heavy atom. The van der Waals surface area contributed by atoms with Crippen molar-refractivity contribution in [3.63, 3.8) is 0 Å². The average molecular weight is 278 g/mol. The molecule has 2 rings (SSSR count). The molecule has 2 atom stereocenters. The molecule has 0 aromatic heterocycles. The number of nitrogens with one attached hydrogen (secondary N) is 1. The standard InChI is InChI=1S/C16H26N2O2/c1-5-17-9-13-6-7-14(8-12(13)2)18-10-15(19-3)16(11-18)20-4/h6-8,15-17H,5,9-11H2,1-4H3. The number of hydrogen-bond acceptors (Lipinski definition) is 4. The molecule has 20 heavy (non-hydrogen) atoms. The van der Waals surface area contributed by atoms with Crippen molar-refractivity contribution in [2.75, 3.05) is 38.8 Å². The first-order valence-electron chi connectivity index (χ1n) is 7.30. The van der Waals surface area contributed by atoms with Gasteiger partial charge in [-0.25, -0.2) is 0 Å². The van der Waals surface area contributed by atoms with Gasteiger partial charge >= 0.3 is 0 Å². The number of ether oxygens (including phenoxy) is 2. The highest BCUT2D eigenvalue weighted by atomic mass is 16.5. The van der Waals surface area contributed by atoms with Gasteiger partial charge in [-0.3, -0.25) is 0 Å². The molecule has 1 aliphatic heterocycles. The van der Waals surface area contributed by atoms with E-state index in [0.29, 0.717) is 0 Å². The summed E-state index contributed by atoms with van der Waals surface area (Å²) >= 11 is 0. The van der Waals surface area contributed by atoms with E-state index >= 15 is 0 Å². The van der Waals surface area contributed by atoms with E-state index in [-0.39, 0.29) is 12.2 Å². The van der Waals surface area contributed by atoms with E-state index in [1.165, 1.54) is 16.8 Å². The van der Waals surface area contributed by atoms with Crippen LogP contribution >= 0.6 is 0 Å². The molecule has 1 aromatic rings. The maximum Gasteiger partial charge on any atom is 0.102 e. The van der Waals surface area contributed by atoms with Crippen LogP contribution in [0.25, 0.3) is 0 Å². The van der Waals surface area contributed by atoms with Gasteiger partial charge in [-0.15, -0.1) is 0 Å². The lowest BCUT2D eigenvalue weighted by molar-refractivity contribution is -0.00461. The van der Waals surface area contributed by atoms with E-state index < -0.39 is 0 Å². The van der Waals surface area contributed by atoms with Gasteiger partial charge in [0, 0.05) is 39.5 Å². The maximum atomic E-state index is 5.50. The van der Waals surface area contributed by atoms with Crippen molar-refractivity contribution in [3.8, 4) is 0 Å². The molecule has 0 spiro atoms. The molecule has 0 amide bonds. The molecule has 0 radical (unpaired) electrons. The minimum absolute atomic E-state index is 0.154. The van der Waals surface area contributed by atoms with E-state index in [0.717, 1.165) is 26.2 Å². The van der Waals surface area contributed by atoms with Gasteiger partial charge in [-0.05, 0) is 36.7 Å². The topological polar surface area (TPSA) is 33.7 Å². The highest BCUT2D eigenvalue weighted by molar-refractivity contribution is 5.52. The van der Waals surface area contributed by atoms with Crippen LogP contribution < -0.4 is 10.2 Å². The molecule has 0 bridgehead atoms. The van der Waals surface area contributed by atoms with Gasteiger partial charge in [-0.2, -0.15) is 0 Å². The van der Waals surface area contributed by atoms with Crippen LogP contribution in [0.2, 0.25) is 0 Å². The molecule has 112 valence electrons. The first kappa shape index (κ1) is 15.3. The Morgan fingerprint density at radius 2 is 1.85 bits per heavy atom. The second-order valence-electron chi connectivity index (χ2n) is 5.34. The predicted octanol–water partition coefficient (Wildman–Crippen LogP) is 1.95. The lowest BCUT2D eigenvalue weighted by Crippen LogP contribution is -2.27. The van der Waals surface area contributed by atoms with Gasteiger partial charge < -0.3 is 19.7 Å². The SMILES string of the molecule is CCNCc1ccc(N2CC(OC)C(OC)C2)cc1C. The van der Waals surface area contributed by atoms with E-state index in [2.05, 4.69) is 42.3 Å². The first-order chi connectivity index (χ1) is 9.69. The molecule has 1 N–H and O–H groups in total. The Hall–Kier alpha value is -1.10. The third kappa shape index (κ3) is 3.32. The van der Waals surface area contributed by atoms with Crippen LogP contribution in [0.4, 0.5) is 5.69 Å². The normalized spacial score (nSPS) is 22.5. The summed E-state index contributed by atoms with van der Waals surface area (Å²) in [6.45, 7) is 8.02. The van der Waals surface area contributed by atoms with Crippen LogP contribution in [0, 0.1) is 6.92 Å². The molecule has 1 fully saturated rings. The first-order valence-corrected chi connectivity index (χ1v) is 7.30. The van der Waals surface area contributed by atoms with Crippen LogP contribution in [-0.2, 0) is 16.0 Å². The maximum absolute atomic E-state index is 5.50. The van der Waals surface area contributed by atoms with Gasteiger partial charge in [0.2, 0.25) is 0 Å². The quantitative estimate of drug-likeness (QED) is 0.862. The zero-order valence-corrected chi connectivity index (χ0v) is 13.0.